The Morgan fingerprint density at radius 3 is 2.46 bits per heavy atom. The molecule has 2 amide bonds. The summed E-state index contributed by atoms with van der Waals surface area (Å²) in [5.41, 5.74) is 4.00. The van der Waals surface area contributed by atoms with Gasteiger partial charge in [0.2, 0.25) is 11.8 Å². The predicted molar refractivity (Wildman–Crippen MR) is 184 cm³/mol. The summed E-state index contributed by atoms with van der Waals surface area (Å²) < 4.78 is 27.7. The van der Waals surface area contributed by atoms with Gasteiger partial charge < -0.3 is 15.1 Å². The molecule has 4 heterocycles. The van der Waals surface area contributed by atoms with Crippen LogP contribution in [0.25, 0.3) is 33.5 Å². The normalized spacial score (nSPS) is 18.4. The third kappa shape index (κ3) is 6.35. The van der Waals surface area contributed by atoms with Crippen molar-refractivity contribution in [3.05, 3.63) is 90.8 Å². The van der Waals surface area contributed by atoms with E-state index < -0.39 is 4.75 Å². The zero-order valence-corrected chi connectivity index (χ0v) is 27.1. The molecule has 246 valence electrons. The van der Waals surface area contributed by atoms with Crippen LogP contribution in [-0.2, 0) is 9.59 Å². The second-order valence-electron chi connectivity index (χ2n) is 12.1. The Bertz CT molecular complexity index is 1950. The van der Waals surface area contributed by atoms with Crippen LogP contribution in [-0.4, -0.2) is 98.6 Å². The summed E-state index contributed by atoms with van der Waals surface area (Å²) in [4.78, 5) is 41.3. The average Bonchev–Trinajstić information content (AvgIpc) is 3.74. The molecular formula is C35H34F2N8O2S. The van der Waals surface area contributed by atoms with Crippen LogP contribution in [0.5, 0.6) is 0 Å². The van der Waals surface area contributed by atoms with Crippen LogP contribution in [0.1, 0.15) is 6.42 Å². The number of nitrogens with one attached hydrogen (secondary N) is 2. The average molecular weight is 669 g/mol. The van der Waals surface area contributed by atoms with Gasteiger partial charge in [-0.15, -0.1) is 11.8 Å². The number of halogens is 2. The van der Waals surface area contributed by atoms with E-state index in [-0.39, 0.29) is 30.0 Å². The molecule has 2 N–H and O–H groups in total. The molecule has 2 aliphatic heterocycles. The van der Waals surface area contributed by atoms with E-state index in [1.807, 2.05) is 35.4 Å². The topological polar surface area (TPSA) is 110 Å². The highest BCUT2D eigenvalue weighted by molar-refractivity contribution is 8.00. The van der Waals surface area contributed by atoms with Crippen molar-refractivity contribution in [1.82, 2.24) is 30.0 Å². The Hall–Kier alpha value is -4.88. The highest BCUT2D eigenvalue weighted by Gasteiger charge is 2.45. The number of carbonyl (C=O) groups excluding carboxylic acids is 2. The van der Waals surface area contributed by atoms with E-state index in [9.17, 15) is 18.4 Å². The molecule has 3 aromatic carbocycles. The number of rotatable bonds is 8. The molecule has 0 aliphatic carbocycles. The largest absolute Gasteiger partial charge is 0.368 e. The number of benzene rings is 3. The van der Waals surface area contributed by atoms with Crippen molar-refractivity contribution in [2.24, 2.45) is 0 Å². The minimum Gasteiger partial charge on any atom is -0.368 e. The molecule has 2 saturated heterocycles. The smallest absolute Gasteiger partial charge is 0.241 e. The van der Waals surface area contributed by atoms with Crippen LogP contribution in [0.3, 0.4) is 0 Å². The monoisotopic (exact) mass is 668 g/mol. The van der Waals surface area contributed by atoms with E-state index in [2.05, 4.69) is 35.3 Å². The number of aromatic amines is 1. The second kappa shape index (κ2) is 13.3. The van der Waals surface area contributed by atoms with Crippen LogP contribution in [0, 0.1) is 11.6 Å². The molecule has 2 aromatic heterocycles. The van der Waals surface area contributed by atoms with Crippen molar-refractivity contribution in [2.75, 3.05) is 62.3 Å². The number of hydrogen-bond donors (Lipinski definition) is 2. The molecule has 1 unspecified atom stereocenters. The molecule has 2 fully saturated rings. The maximum Gasteiger partial charge on any atom is 0.241 e. The zero-order chi connectivity index (χ0) is 33.3. The summed E-state index contributed by atoms with van der Waals surface area (Å²) in [6.45, 7) is 3.56. The van der Waals surface area contributed by atoms with E-state index in [1.165, 1.54) is 30.0 Å². The molecule has 48 heavy (non-hydrogen) atoms. The van der Waals surface area contributed by atoms with Gasteiger partial charge in [-0.25, -0.2) is 18.7 Å². The summed E-state index contributed by atoms with van der Waals surface area (Å²) in [5.74, 6) is -0.450. The summed E-state index contributed by atoms with van der Waals surface area (Å²) in [6, 6.07) is 18.5. The first-order chi connectivity index (χ1) is 23.3. The highest BCUT2D eigenvalue weighted by Crippen LogP contribution is 2.36. The summed E-state index contributed by atoms with van der Waals surface area (Å²) in [7, 11) is 0. The van der Waals surface area contributed by atoms with Crippen molar-refractivity contribution in [3.63, 3.8) is 0 Å². The summed E-state index contributed by atoms with van der Waals surface area (Å²) in [6.07, 6.45) is 5.71. The van der Waals surface area contributed by atoms with Crippen molar-refractivity contribution in [1.29, 1.82) is 0 Å². The number of nitrogens with zero attached hydrogens (tertiary/aromatic N) is 6. The second-order valence-corrected chi connectivity index (χ2v) is 13.2. The fourth-order valence-corrected chi connectivity index (χ4v) is 7.27. The van der Waals surface area contributed by atoms with Gasteiger partial charge in [-0.3, -0.25) is 19.6 Å². The number of fused-ring (bicyclic) bond motifs is 1. The molecule has 0 saturated carbocycles. The first-order valence-electron chi connectivity index (χ1n) is 15.7. The molecule has 0 radical (unpaired) electrons. The van der Waals surface area contributed by atoms with Gasteiger partial charge in [-0.2, -0.15) is 5.10 Å². The van der Waals surface area contributed by atoms with Gasteiger partial charge in [0.1, 0.15) is 16.4 Å². The Labute approximate surface area is 280 Å². The third-order valence-electron chi connectivity index (χ3n) is 9.17. The van der Waals surface area contributed by atoms with Crippen LogP contribution < -0.4 is 10.2 Å². The van der Waals surface area contributed by atoms with E-state index in [0.29, 0.717) is 68.5 Å². The van der Waals surface area contributed by atoms with Gasteiger partial charge in [0.05, 0.1) is 23.3 Å². The Balaban J connectivity index is 0.946. The van der Waals surface area contributed by atoms with Crippen molar-refractivity contribution in [2.45, 2.75) is 11.2 Å². The Morgan fingerprint density at radius 1 is 0.958 bits per heavy atom. The first kappa shape index (κ1) is 31.7. The first-order valence-corrected chi connectivity index (χ1v) is 17.0. The molecule has 0 spiro atoms. The Kier molecular flexibility index (Phi) is 8.80. The van der Waals surface area contributed by atoms with E-state index >= 15 is 0 Å². The number of anilines is 2. The maximum absolute atomic E-state index is 14.9. The number of piperazine rings is 1. The SMILES string of the molecule is CSC1(C(=O)Nc2ccc3[nH]nc(-c4ccc(F)cc4)c3c2)CCN(CC(=O)N2CCN(c3ccc(-c4ncccn4)c(F)c3)CC2)C1. The number of hydrogen-bond acceptors (Lipinski definition) is 8. The van der Waals surface area contributed by atoms with Crippen molar-refractivity contribution >= 4 is 45.9 Å². The standard InChI is InChI=1S/C35H34F2N8O2S/c1-48-35(34(47)40-25-7-10-30-28(19-25)32(42-41-30)23-3-5-24(36)6-4-23)11-14-43(22-35)21-31(46)45-17-15-44(16-18-45)26-8-9-27(29(37)20-26)33-38-12-2-13-39-33/h2-10,12-13,19-20H,11,14-18,21-22H2,1H3,(H,40,47)(H,41,42). The fraction of sp³-hybridized carbons (Fsp3) is 0.286. The van der Waals surface area contributed by atoms with Gasteiger partial charge >= 0.3 is 0 Å². The fourth-order valence-electron chi connectivity index (χ4n) is 6.43. The van der Waals surface area contributed by atoms with Crippen LogP contribution in [0.15, 0.2) is 79.1 Å². The van der Waals surface area contributed by atoms with Crippen LogP contribution in [0.2, 0.25) is 0 Å². The van der Waals surface area contributed by atoms with Gasteiger partial charge in [0, 0.05) is 74.0 Å². The van der Waals surface area contributed by atoms with E-state index in [1.54, 1.807) is 36.7 Å². The maximum atomic E-state index is 14.9. The minimum absolute atomic E-state index is 0.0217. The number of carbonyl (C=O) groups is 2. The highest BCUT2D eigenvalue weighted by atomic mass is 32.2. The van der Waals surface area contributed by atoms with Gasteiger partial charge in [-0.1, -0.05) is 0 Å². The zero-order valence-electron chi connectivity index (χ0n) is 26.3. The van der Waals surface area contributed by atoms with E-state index in [0.717, 1.165) is 22.2 Å². The summed E-state index contributed by atoms with van der Waals surface area (Å²) in [5, 5.41) is 11.3. The molecule has 2 aliphatic rings. The lowest BCUT2D eigenvalue weighted by atomic mass is 10.1. The quantitative estimate of drug-likeness (QED) is 0.236. The number of aromatic nitrogens is 4. The van der Waals surface area contributed by atoms with Gasteiger partial charge in [0.15, 0.2) is 5.82 Å². The lowest BCUT2D eigenvalue weighted by Gasteiger charge is -2.37. The third-order valence-corrected chi connectivity index (χ3v) is 10.5. The number of thioether (sulfide) groups is 1. The lowest BCUT2D eigenvalue weighted by Crippen LogP contribution is -2.51. The lowest BCUT2D eigenvalue weighted by molar-refractivity contribution is -0.132. The molecule has 1 atom stereocenters. The molecule has 7 rings (SSSR count). The molecule has 10 nitrogen and oxygen atoms in total. The number of amides is 2. The Morgan fingerprint density at radius 2 is 1.73 bits per heavy atom. The van der Waals surface area contributed by atoms with Crippen molar-refractivity contribution in [3.8, 4) is 22.6 Å². The van der Waals surface area contributed by atoms with Gasteiger partial charge in [-0.05, 0) is 79.4 Å². The van der Waals surface area contributed by atoms with E-state index in [4.69, 9.17) is 0 Å². The molecule has 5 aromatic rings. The minimum atomic E-state index is -0.703. The molecular weight excluding hydrogens is 635 g/mol. The number of H-pyrrole nitrogens is 1. The van der Waals surface area contributed by atoms with Gasteiger partial charge in [0.25, 0.3) is 0 Å². The predicted octanol–water partition coefficient (Wildman–Crippen LogP) is 5.06. The molecule has 13 heteroatoms. The number of likely N-dealkylation sites (tertiary alicyclic amines) is 1. The molecule has 0 bridgehead atoms. The van der Waals surface area contributed by atoms with Crippen LogP contribution >= 0.6 is 11.8 Å². The van der Waals surface area contributed by atoms with Crippen LogP contribution in [0.4, 0.5) is 20.2 Å². The van der Waals surface area contributed by atoms with Crippen molar-refractivity contribution < 1.29 is 18.4 Å². The summed E-state index contributed by atoms with van der Waals surface area (Å²) >= 11 is 1.50.